The van der Waals surface area contributed by atoms with Gasteiger partial charge in [0.05, 0.1) is 0 Å². The van der Waals surface area contributed by atoms with Crippen LogP contribution in [0.1, 0.15) is 12.6 Å². The smallest absolute Gasteiger partial charge is 0.360 e. The second-order valence-electron chi connectivity index (χ2n) is 3.02. The van der Waals surface area contributed by atoms with Crippen LogP contribution in [0.2, 0.25) is 0 Å². The Hall–Kier alpha value is -1.87. The summed E-state index contributed by atoms with van der Waals surface area (Å²) in [7, 11) is 0. The minimum absolute atomic E-state index is 0.105. The lowest BCUT2D eigenvalue weighted by molar-refractivity contribution is -0.129. The minimum atomic E-state index is -1.38. The number of carbonyl (C=O) groups is 2. The molecule has 1 rings (SSSR count). The molecule has 0 saturated heterocycles. The Bertz CT molecular complexity index is 577. The van der Waals surface area contributed by atoms with Crippen LogP contribution >= 0.6 is 22.9 Å². The van der Waals surface area contributed by atoms with Gasteiger partial charge in [-0.1, -0.05) is 5.16 Å². The maximum absolute atomic E-state index is 11.0. The molecule has 0 aliphatic carbocycles. The Kier molecular flexibility index (Phi) is 5.52. The Morgan fingerprint density at radius 2 is 2.26 bits per heavy atom. The van der Waals surface area contributed by atoms with Gasteiger partial charge in [-0.15, -0.1) is 22.9 Å². The van der Waals surface area contributed by atoms with Crippen LogP contribution < -0.4 is 4.80 Å². The van der Waals surface area contributed by atoms with Crippen LogP contribution in [0.4, 0.5) is 0 Å². The SMILES string of the molecule is CCO/N=C(\C(=O)O)c1csc(=NC(=O)CCl)n1O. The van der Waals surface area contributed by atoms with Crippen molar-refractivity contribution in [1.82, 2.24) is 4.73 Å². The molecule has 0 aliphatic rings. The number of halogens is 1. The highest BCUT2D eigenvalue weighted by Gasteiger charge is 2.20. The molecule has 1 aromatic heterocycles. The van der Waals surface area contributed by atoms with E-state index in [1.165, 1.54) is 5.38 Å². The zero-order valence-electron chi connectivity index (χ0n) is 9.74. The normalized spacial score (nSPS) is 12.5. The van der Waals surface area contributed by atoms with Gasteiger partial charge in [0.2, 0.25) is 10.5 Å². The van der Waals surface area contributed by atoms with E-state index in [0.29, 0.717) is 4.73 Å². The number of thiazole rings is 1. The van der Waals surface area contributed by atoms with Crippen LogP contribution in [-0.4, -0.2) is 45.1 Å². The molecule has 0 unspecified atom stereocenters. The second kappa shape index (κ2) is 6.90. The van der Waals surface area contributed by atoms with Gasteiger partial charge in [-0.3, -0.25) is 4.79 Å². The molecule has 104 valence electrons. The number of carbonyl (C=O) groups excluding carboxylic acids is 1. The number of nitrogens with zero attached hydrogens (tertiary/aromatic N) is 3. The van der Waals surface area contributed by atoms with E-state index < -0.39 is 17.6 Å². The van der Waals surface area contributed by atoms with Gasteiger partial charge >= 0.3 is 5.97 Å². The third kappa shape index (κ3) is 3.80. The van der Waals surface area contributed by atoms with E-state index in [1.807, 2.05) is 0 Å². The van der Waals surface area contributed by atoms with Crippen molar-refractivity contribution in [3.05, 3.63) is 15.9 Å². The Balaban J connectivity index is 3.25. The molecule has 1 amide bonds. The van der Waals surface area contributed by atoms with Gasteiger partial charge in [0.15, 0.2) is 0 Å². The number of rotatable bonds is 5. The number of aliphatic carboxylic acids is 1. The van der Waals surface area contributed by atoms with Crippen molar-refractivity contribution >= 4 is 40.5 Å². The Morgan fingerprint density at radius 1 is 1.58 bits per heavy atom. The van der Waals surface area contributed by atoms with Gasteiger partial charge in [-0.05, 0) is 6.92 Å². The highest BCUT2D eigenvalue weighted by atomic mass is 35.5. The summed E-state index contributed by atoms with van der Waals surface area (Å²) < 4.78 is 0.446. The summed E-state index contributed by atoms with van der Waals surface area (Å²) in [4.78, 5) is 30.1. The predicted molar refractivity (Wildman–Crippen MR) is 66.6 cm³/mol. The number of oxime groups is 1. The van der Waals surface area contributed by atoms with Crippen LogP contribution in [0.25, 0.3) is 0 Å². The quantitative estimate of drug-likeness (QED) is 0.351. The molecule has 8 nitrogen and oxygen atoms in total. The number of amides is 1. The lowest BCUT2D eigenvalue weighted by Gasteiger charge is -2.01. The van der Waals surface area contributed by atoms with E-state index in [2.05, 4.69) is 15.0 Å². The minimum Gasteiger partial charge on any atom is -0.476 e. The van der Waals surface area contributed by atoms with Gasteiger partial charge < -0.3 is 15.2 Å². The molecule has 1 heterocycles. The molecule has 0 aromatic carbocycles. The summed E-state index contributed by atoms with van der Waals surface area (Å²) in [6.45, 7) is 1.80. The first-order valence-electron chi connectivity index (χ1n) is 4.98. The summed E-state index contributed by atoms with van der Waals surface area (Å²) in [5.41, 5.74) is -0.646. The monoisotopic (exact) mass is 307 g/mol. The van der Waals surface area contributed by atoms with Gasteiger partial charge in [-0.2, -0.15) is 9.72 Å². The summed E-state index contributed by atoms with van der Waals surface area (Å²) in [5.74, 6) is -2.38. The lowest BCUT2D eigenvalue weighted by atomic mass is 10.3. The van der Waals surface area contributed by atoms with Crippen LogP contribution in [0.15, 0.2) is 15.5 Å². The standard InChI is InChI=1S/C9H10ClN3O5S/c1-2-18-12-7(8(15)16)5-4-19-9(13(5)17)11-6(14)3-10/h4,17H,2-3H2,1H3,(H,15,16)/b11-9?,12-7-. The van der Waals surface area contributed by atoms with E-state index in [1.54, 1.807) is 6.92 Å². The van der Waals surface area contributed by atoms with E-state index >= 15 is 0 Å². The van der Waals surface area contributed by atoms with E-state index in [0.717, 1.165) is 11.3 Å². The fraction of sp³-hybridized carbons (Fsp3) is 0.333. The molecule has 19 heavy (non-hydrogen) atoms. The topological polar surface area (TPSA) is 113 Å². The molecule has 0 atom stereocenters. The van der Waals surface area contributed by atoms with Crippen LogP contribution in [0.5, 0.6) is 0 Å². The first-order valence-corrected chi connectivity index (χ1v) is 6.39. The molecule has 0 aliphatic heterocycles. The van der Waals surface area contributed by atoms with Crippen molar-refractivity contribution in [2.45, 2.75) is 6.92 Å². The fourth-order valence-electron chi connectivity index (χ4n) is 1.00. The van der Waals surface area contributed by atoms with Gasteiger partial charge in [-0.25, -0.2) is 4.79 Å². The number of aromatic nitrogens is 1. The molecule has 0 saturated carbocycles. The average Bonchev–Trinajstić information content (AvgIpc) is 2.72. The molecule has 0 spiro atoms. The van der Waals surface area contributed by atoms with Crippen molar-refractivity contribution in [3.8, 4) is 0 Å². The maximum Gasteiger partial charge on any atom is 0.360 e. The average molecular weight is 308 g/mol. The molecule has 0 radical (unpaired) electrons. The molecule has 2 N–H and O–H groups in total. The third-order valence-corrected chi connectivity index (χ3v) is 2.79. The molecule has 0 bridgehead atoms. The van der Waals surface area contributed by atoms with Crippen molar-refractivity contribution < 1.29 is 24.7 Å². The van der Waals surface area contributed by atoms with Crippen LogP contribution in [-0.2, 0) is 14.4 Å². The Morgan fingerprint density at radius 3 is 2.79 bits per heavy atom. The van der Waals surface area contributed by atoms with Crippen molar-refractivity contribution in [2.24, 2.45) is 10.1 Å². The number of alkyl halides is 1. The zero-order chi connectivity index (χ0) is 14.4. The number of carboxylic acids is 1. The van der Waals surface area contributed by atoms with Gasteiger partial charge in [0, 0.05) is 5.38 Å². The molecule has 10 heteroatoms. The maximum atomic E-state index is 11.0. The highest BCUT2D eigenvalue weighted by Crippen LogP contribution is 2.04. The number of carboxylic acid groups (broad SMARTS) is 1. The first kappa shape index (κ1) is 15.2. The highest BCUT2D eigenvalue weighted by molar-refractivity contribution is 7.07. The van der Waals surface area contributed by atoms with Crippen molar-refractivity contribution in [3.63, 3.8) is 0 Å². The zero-order valence-corrected chi connectivity index (χ0v) is 11.3. The van der Waals surface area contributed by atoms with E-state index in [9.17, 15) is 14.8 Å². The molecule has 0 fully saturated rings. The number of hydrogen-bond acceptors (Lipinski definition) is 6. The summed E-state index contributed by atoms with van der Waals surface area (Å²) in [6.07, 6.45) is 0. The fourth-order valence-corrected chi connectivity index (χ4v) is 1.84. The van der Waals surface area contributed by atoms with Crippen LogP contribution in [0.3, 0.4) is 0 Å². The first-order chi connectivity index (χ1) is 9.01. The second-order valence-corrected chi connectivity index (χ2v) is 4.12. The summed E-state index contributed by atoms with van der Waals surface area (Å²) in [6, 6.07) is 0. The van der Waals surface area contributed by atoms with Crippen molar-refractivity contribution in [2.75, 3.05) is 12.5 Å². The van der Waals surface area contributed by atoms with Gasteiger partial charge in [0.25, 0.3) is 5.91 Å². The molecular formula is C9H10ClN3O5S. The molecule has 1 aromatic rings. The third-order valence-electron chi connectivity index (χ3n) is 1.75. The number of hydrogen-bond donors (Lipinski definition) is 2. The Labute approximate surface area is 116 Å². The van der Waals surface area contributed by atoms with Gasteiger partial charge in [0.1, 0.15) is 18.2 Å². The summed E-state index contributed by atoms with van der Waals surface area (Å²) in [5, 5.41) is 23.4. The lowest BCUT2D eigenvalue weighted by Crippen LogP contribution is -2.24. The van der Waals surface area contributed by atoms with Crippen molar-refractivity contribution in [1.29, 1.82) is 0 Å². The molecular weight excluding hydrogens is 298 g/mol. The largest absolute Gasteiger partial charge is 0.476 e. The predicted octanol–water partition coefficient (Wildman–Crippen LogP) is 0.278. The van der Waals surface area contributed by atoms with Crippen LogP contribution in [0, 0.1) is 0 Å². The van der Waals surface area contributed by atoms with E-state index in [4.69, 9.17) is 16.7 Å². The summed E-state index contributed by atoms with van der Waals surface area (Å²) >= 11 is 6.14. The van der Waals surface area contributed by atoms with E-state index in [-0.39, 0.29) is 23.0 Å².